The van der Waals surface area contributed by atoms with Crippen molar-refractivity contribution in [1.29, 1.82) is 0 Å². The summed E-state index contributed by atoms with van der Waals surface area (Å²) in [5, 5.41) is 21.0. The van der Waals surface area contributed by atoms with E-state index in [1.165, 1.54) is 18.2 Å². The number of hydrogen-bond donors (Lipinski definition) is 1. The van der Waals surface area contributed by atoms with E-state index in [0.717, 1.165) is 24.2 Å². The molecule has 7 heteroatoms. The summed E-state index contributed by atoms with van der Waals surface area (Å²) in [7, 11) is 0. The number of likely N-dealkylation sites (tertiary alicyclic amines) is 1. The smallest absolute Gasteiger partial charge is 0.311 e. The second-order valence-electron chi connectivity index (χ2n) is 5.79. The monoisotopic (exact) mass is 327 g/mol. The number of rotatable bonds is 3. The van der Waals surface area contributed by atoms with Crippen LogP contribution in [0.2, 0.25) is 0 Å². The average molecular weight is 327 g/mol. The molecule has 2 heterocycles. The first-order chi connectivity index (χ1) is 11.5. The SMILES string of the molecule is Cc1cccc(C2CCCN2C(=O)c2cccc([N+](=O)[O-])c2O)n1. The zero-order chi connectivity index (χ0) is 17.3. The molecule has 1 aromatic heterocycles. The van der Waals surface area contributed by atoms with E-state index in [2.05, 4.69) is 4.98 Å². The van der Waals surface area contributed by atoms with Gasteiger partial charge in [-0.3, -0.25) is 19.9 Å². The van der Waals surface area contributed by atoms with E-state index in [1.807, 2.05) is 25.1 Å². The lowest BCUT2D eigenvalue weighted by molar-refractivity contribution is -0.385. The molecule has 1 unspecified atom stereocenters. The second-order valence-corrected chi connectivity index (χ2v) is 5.79. The number of nitrogens with zero attached hydrogens (tertiary/aromatic N) is 3. The van der Waals surface area contributed by atoms with Gasteiger partial charge >= 0.3 is 5.69 Å². The van der Waals surface area contributed by atoms with Gasteiger partial charge in [-0.05, 0) is 38.0 Å². The van der Waals surface area contributed by atoms with Gasteiger partial charge in [0.05, 0.1) is 22.2 Å². The Morgan fingerprint density at radius 1 is 1.33 bits per heavy atom. The molecule has 3 rings (SSSR count). The maximum atomic E-state index is 12.8. The van der Waals surface area contributed by atoms with E-state index in [1.54, 1.807) is 4.90 Å². The Balaban J connectivity index is 1.95. The summed E-state index contributed by atoms with van der Waals surface area (Å²) in [5.74, 6) is -1.00. The fourth-order valence-corrected chi connectivity index (χ4v) is 3.07. The van der Waals surface area contributed by atoms with E-state index in [9.17, 15) is 20.0 Å². The Bertz CT molecular complexity index is 806. The topological polar surface area (TPSA) is 96.6 Å². The second kappa shape index (κ2) is 6.27. The normalized spacial score (nSPS) is 17.0. The largest absolute Gasteiger partial charge is 0.502 e. The number of hydrogen-bond acceptors (Lipinski definition) is 5. The number of phenols is 1. The highest BCUT2D eigenvalue weighted by Crippen LogP contribution is 2.36. The first-order valence-corrected chi connectivity index (χ1v) is 7.70. The summed E-state index contributed by atoms with van der Waals surface area (Å²) >= 11 is 0. The van der Waals surface area contributed by atoms with Crippen molar-refractivity contribution in [2.24, 2.45) is 0 Å². The van der Waals surface area contributed by atoms with Crippen molar-refractivity contribution >= 4 is 11.6 Å². The van der Waals surface area contributed by atoms with E-state index in [4.69, 9.17) is 0 Å². The lowest BCUT2D eigenvalue weighted by Crippen LogP contribution is -2.31. The van der Waals surface area contributed by atoms with Crippen LogP contribution in [0.3, 0.4) is 0 Å². The number of carbonyl (C=O) groups is 1. The van der Waals surface area contributed by atoms with Crippen molar-refractivity contribution in [3.05, 3.63) is 63.5 Å². The summed E-state index contributed by atoms with van der Waals surface area (Å²) in [6.07, 6.45) is 1.60. The van der Waals surface area contributed by atoms with Gasteiger partial charge in [-0.25, -0.2) is 0 Å². The van der Waals surface area contributed by atoms with Crippen LogP contribution in [-0.4, -0.2) is 32.4 Å². The van der Waals surface area contributed by atoms with Crippen LogP contribution in [0.15, 0.2) is 36.4 Å². The number of benzene rings is 1. The molecular formula is C17H17N3O4. The van der Waals surface area contributed by atoms with E-state index < -0.39 is 22.3 Å². The molecule has 0 saturated carbocycles. The first kappa shape index (κ1) is 15.9. The minimum atomic E-state index is -0.699. The van der Waals surface area contributed by atoms with E-state index in [-0.39, 0.29) is 11.6 Å². The number of aryl methyl sites for hydroxylation is 1. The standard InChI is InChI=1S/C17H17N3O4/c1-11-5-2-7-13(18-11)14-9-4-10-19(14)17(22)12-6-3-8-15(16(12)21)20(23)24/h2-3,5-8,14,21H,4,9-10H2,1H3. The summed E-state index contributed by atoms with van der Waals surface area (Å²) in [4.78, 5) is 29.2. The molecule has 0 spiro atoms. The highest BCUT2D eigenvalue weighted by atomic mass is 16.6. The Morgan fingerprint density at radius 3 is 2.79 bits per heavy atom. The Morgan fingerprint density at radius 2 is 2.08 bits per heavy atom. The fraction of sp³-hybridized carbons (Fsp3) is 0.294. The summed E-state index contributed by atoms with van der Waals surface area (Å²) in [5.41, 5.74) is 1.14. The molecule has 1 saturated heterocycles. The van der Waals surface area contributed by atoms with Gasteiger partial charge in [0, 0.05) is 18.3 Å². The van der Waals surface area contributed by atoms with Crippen LogP contribution in [0.4, 0.5) is 5.69 Å². The molecular weight excluding hydrogens is 310 g/mol. The minimum absolute atomic E-state index is 0.0521. The zero-order valence-electron chi connectivity index (χ0n) is 13.2. The minimum Gasteiger partial charge on any atom is -0.502 e. The molecule has 1 aromatic carbocycles. The molecule has 0 aliphatic carbocycles. The molecule has 1 N–H and O–H groups in total. The molecule has 24 heavy (non-hydrogen) atoms. The van der Waals surface area contributed by atoms with Crippen molar-refractivity contribution in [3.63, 3.8) is 0 Å². The van der Waals surface area contributed by atoms with Crippen molar-refractivity contribution < 1.29 is 14.8 Å². The molecule has 1 aliphatic rings. The highest BCUT2D eigenvalue weighted by Gasteiger charge is 2.34. The third kappa shape index (κ3) is 2.80. The Kier molecular flexibility index (Phi) is 4.16. The number of para-hydroxylation sites is 1. The van der Waals surface area contributed by atoms with Crippen LogP contribution < -0.4 is 0 Å². The summed E-state index contributed by atoms with van der Waals surface area (Å²) < 4.78 is 0. The third-order valence-electron chi connectivity index (χ3n) is 4.21. The van der Waals surface area contributed by atoms with Gasteiger partial charge < -0.3 is 10.0 Å². The van der Waals surface area contributed by atoms with Crippen LogP contribution in [0, 0.1) is 17.0 Å². The first-order valence-electron chi connectivity index (χ1n) is 7.70. The predicted octanol–water partition coefficient (Wildman–Crippen LogP) is 2.98. The molecule has 0 radical (unpaired) electrons. The quantitative estimate of drug-likeness (QED) is 0.690. The molecule has 1 fully saturated rings. The van der Waals surface area contributed by atoms with E-state index in [0.29, 0.717) is 6.54 Å². The molecule has 1 atom stereocenters. The number of phenolic OH excluding ortho intramolecular Hbond substituents is 1. The molecule has 2 aromatic rings. The number of amides is 1. The van der Waals surface area contributed by atoms with Gasteiger partial charge in [-0.1, -0.05) is 12.1 Å². The van der Waals surface area contributed by atoms with Gasteiger partial charge in [-0.2, -0.15) is 0 Å². The van der Waals surface area contributed by atoms with Crippen LogP contribution in [0.25, 0.3) is 0 Å². The van der Waals surface area contributed by atoms with Crippen LogP contribution in [0.5, 0.6) is 5.75 Å². The molecule has 7 nitrogen and oxygen atoms in total. The van der Waals surface area contributed by atoms with E-state index >= 15 is 0 Å². The fourth-order valence-electron chi connectivity index (χ4n) is 3.07. The lowest BCUT2D eigenvalue weighted by atomic mass is 10.1. The molecule has 124 valence electrons. The Hall–Kier alpha value is -2.96. The zero-order valence-corrected chi connectivity index (χ0v) is 13.2. The van der Waals surface area contributed by atoms with Gasteiger partial charge in [0.15, 0.2) is 0 Å². The van der Waals surface area contributed by atoms with Gasteiger partial charge in [-0.15, -0.1) is 0 Å². The summed E-state index contributed by atoms with van der Waals surface area (Å²) in [6.45, 7) is 2.41. The molecule has 1 amide bonds. The molecule has 0 bridgehead atoms. The van der Waals surface area contributed by atoms with Crippen molar-refractivity contribution in [3.8, 4) is 5.75 Å². The van der Waals surface area contributed by atoms with Gasteiger partial charge in [0.2, 0.25) is 5.75 Å². The molecule has 1 aliphatic heterocycles. The van der Waals surface area contributed by atoms with Crippen molar-refractivity contribution in [2.75, 3.05) is 6.54 Å². The van der Waals surface area contributed by atoms with Crippen molar-refractivity contribution in [2.45, 2.75) is 25.8 Å². The predicted molar refractivity (Wildman–Crippen MR) is 86.7 cm³/mol. The number of nitro benzene ring substituents is 1. The van der Waals surface area contributed by atoms with Crippen molar-refractivity contribution in [1.82, 2.24) is 9.88 Å². The lowest BCUT2D eigenvalue weighted by Gasteiger charge is -2.24. The number of carbonyl (C=O) groups excluding carboxylic acids is 1. The summed E-state index contributed by atoms with van der Waals surface area (Å²) in [6, 6.07) is 9.45. The van der Waals surface area contributed by atoms with Crippen LogP contribution in [-0.2, 0) is 0 Å². The van der Waals surface area contributed by atoms with Gasteiger partial charge in [0.1, 0.15) is 0 Å². The maximum absolute atomic E-state index is 12.8. The number of aromatic nitrogens is 1. The number of nitro groups is 1. The van der Waals surface area contributed by atoms with Crippen LogP contribution in [0.1, 0.15) is 40.6 Å². The van der Waals surface area contributed by atoms with Gasteiger partial charge in [0.25, 0.3) is 5.91 Å². The Labute approximate surface area is 138 Å². The number of aromatic hydroxyl groups is 1. The maximum Gasteiger partial charge on any atom is 0.311 e. The third-order valence-corrected chi connectivity index (χ3v) is 4.21. The van der Waals surface area contributed by atoms with Crippen LogP contribution >= 0.6 is 0 Å². The highest BCUT2D eigenvalue weighted by molar-refractivity contribution is 5.98. The average Bonchev–Trinajstić information content (AvgIpc) is 3.03. The number of pyridine rings is 1.